The highest BCUT2D eigenvalue weighted by Crippen LogP contribution is 2.40. The zero-order valence-corrected chi connectivity index (χ0v) is 15.4. The predicted octanol–water partition coefficient (Wildman–Crippen LogP) is 2.06. The zero-order valence-electron chi connectivity index (χ0n) is 14.6. The monoisotopic (exact) mass is 377 g/mol. The minimum absolute atomic E-state index is 0.0515. The number of fused-ring (bicyclic) bond motifs is 1. The van der Waals surface area contributed by atoms with E-state index in [1.54, 1.807) is 9.80 Å². The minimum Gasteiger partial charge on any atom is -0.480 e. The number of hydrogen-bond acceptors (Lipinski definition) is 5. The first-order chi connectivity index (χ1) is 12.5. The molecule has 4 rings (SSSR count). The molecule has 3 aliphatic rings. The van der Waals surface area contributed by atoms with Crippen molar-refractivity contribution >= 4 is 34.3 Å². The van der Waals surface area contributed by atoms with Crippen LogP contribution in [-0.4, -0.2) is 51.4 Å². The maximum atomic E-state index is 12.9. The summed E-state index contributed by atoms with van der Waals surface area (Å²) in [6.07, 6.45) is 6.13. The number of aromatic nitrogens is 1. The normalized spacial score (nSPS) is 28.5. The summed E-state index contributed by atoms with van der Waals surface area (Å²) in [4.78, 5) is 44.2. The van der Waals surface area contributed by atoms with Crippen LogP contribution in [-0.2, 0) is 20.8 Å². The van der Waals surface area contributed by atoms with E-state index < -0.39 is 12.0 Å². The smallest absolute Gasteiger partial charge is 0.326 e. The summed E-state index contributed by atoms with van der Waals surface area (Å²) in [5.41, 5.74) is 0.623. The largest absolute Gasteiger partial charge is 0.480 e. The third-order valence-electron chi connectivity index (χ3n) is 5.84. The average Bonchev–Trinajstić information content (AvgIpc) is 3.32. The average molecular weight is 377 g/mol. The summed E-state index contributed by atoms with van der Waals surface area (Å²) in [7, 11) is 0. The molecule has 140 valence electrons. The van der Waals surface area contributed by atoms with E-state index in [0.717, 1.165) is 32.1 Å². The molecule has 0 spiro atoms. The second kappa shape index (κ2) is 6.98. The van der Waals surface area contributed by atoms with Crippen molar-refractivity contribution in [2.24, 2.45) is 5.92 Å². The molecule has 8 heteroatoms. The van der Waals surface area contributed by atoms with E-state index in [2.05, 4.69) is 4.98 Å². The molecule has 7 nitrogen and oxygen atoms in total. The number of aliphatic carboxylic acids is 1. The van der Waals surface area contributed by atoms with Crippen molar-refractivity contribution in [3.63, 3.8) is 0 Å². The first kappa shape index (κ1) is 17.5. The third kappa shape index (κ3) is 3.11. The maximum absolute atomic E-state index is 12.9. The lowest BCUT2D eigenvalue weighted by Gasteiger charge is -2.33. The summed E-state index contributed by atoms with van der Waals surface area (Å²) in [5.74, 6) is -0.680. The Balaban J connectivity index is 1.49. The molecule has 1 N–H and O–H groups in total. The van der Waals surface area contributed by atoms with Gasteiger partial charge in [-0.1, -0.05) is 12.8 Å². The Morgan fingerprint density at radius 3 is 2.81 bits per heavy atom. The Morgan fingerprint density at radius 1 is 1.27 bits per heavy atom. The van der Waals surface area contributed by atoms with Gasteiger partial charge in [-0.05, 0) is 31.6 Å². The van der Waals surface area contributed by atoms with Crippen LogP contribution in [0, 0.1) is 5.92 Å². The van der Waals surface area contributed by atoms with E-state index in [9.17, 15) is 19.5 Å². The fourth-order valence-electron chi connectivity index (χ4n) is 4.64. The highest BCUT2D eigenvalue weighted by Gasteiger charge is 2.47. The molecular formula is C18H23N3O4S. The first-order valence-corrected chi connectivity index (χ1v) is 10.2. The van der Waals surface area contributed by atoms with Gasteiger partial charge in [-0.15, -0.1) is 11.3 Å². The molecule has 1 aromatic rings. The molecule has 1 aliphatic carbocycles. The van der Waals surface area contributed by atoms with Crippen LogP contribution in [0.1, 0.15) is 50.6 Å². The lowest BCUT2D eigenvalue weighted by Crippen LogP contribution is -2.46. The van der Waals surface area contributed by atoms with Crippen LogP contribution in [0.5, 0.6) is 0 Å². The van der Waals surface area contributed by atoms with Gasteiger partial charge < -0.3 is 10.0 Å². The molecule has 1 aromatic heterocycles. The molecule has 0 radical (unpaired) electrons. The third-order valence-corrected chi connectivity index (χ3v) is 6.75. The van der Waals surface area contributed by atoms with Crippen molar-refractivity contribution in [1.29, 1.82) is 0 Å². The van der Waals surface area contributed by atoms with Gasteiger partial charge >= 0.3 is 5.97 Å². The van der Waals surface area contributed by atoms with E-state index in [4.69, 9.17) is 0 Å². The molecule has 3 atom stereocenters. The van der Waals surface area contributed by atoms with Crippen molar-refractivity contribution < 1.29 is 19.5 Å². The number of carboxylic acids is 1. The van der Waals surface area contributed by atoms with E-state index in [-0.39, 0.29) is 24.3 Å². The number of thiazole rings is 1. The van der Waals surface area contributed by atoms with Crippen molar-refractivity contribution in [3.05, 3.63) is 11.1 Å². The van der Waals surface area contributed by atoms with Crippen LogP contribution in [0.3, 0.4) is 0 Å². The molecule has 1 saturated carbocycles. The molecule has 0 bridgehead atoms. The number of carbonyl (C=O) groups is 3. The first-order valence-electron chi connectivity index (χ1n) is 9.33. The molecule has 3 heterocycles. The summed E-state index contributed by atoms with van der Waals surface area (Å²) in [6.45, 7) is 0.677. The standard InChI is InChI=1S/C18H23N3O4S/c22-15-6-3-7-20(15)18-19-12(10-26-18)9-16(23)21-13-5-2-1-4-11(13)8-14(21)17(24)25/h10-11,13-14H,1-9H2,(H,24,25). The van der Waals surface area contributed by atoms with Crippen LogP contribution in [0.25, 0.3) is 0 Å². The molecule has 3 unspecified atom stereocenters. The Labute approximate surface area is 156 Å². The van der Waals surface area contributed by atoms with Gasteiger partial charge in [0.15, 0.2) is 5.13 Å². The van der Waals surface area contributed by atoms with Gasteiger partial charge in [0.25, 0.3) is 0 Å². The number of hydrogen-bond donors (Lipinski definition) is 1. The van der Waals surface area contributed by atoms with Crippen LogP contribution in [0.15, 0.2) is 5.38 Å². The summed E-state index contributed by atoms with van der Waals surface area (Å²) < 4.78 is 0. The Hall–Kier alpha value is -1.96. The molecule has 2 saturated heterocycles. The van der Waals surface area contributed by atoms with Crippen molar-refractivity contribution in [2.45, 2.75) is 63.5 Å². The van der Waals surface area contributed by atoms with Gasteiger partial charge in [-0.2, -0.15) is 0 Å². The van der Waals surface area contributed by atoms with E-state index in [1.165, 1.54) is 11.3 Å². The fraction of sp³-hybridized carbons (Fsp3) is 0.667. The molecule has 2 aliphatic heterocycles. The maximum Gasteiger partial charge on any atom is 0.326 e. The van der Waals surface area contributed by atoms with E-state index >= 15 is 0 Å². The zero-order chi connectivity index (χ0) is 18.3. The Kier molecular flexibility index (Phi) is 4.69. The predicted molar refractivity (Wildman–Crippen MR) is 96.0 cm³/mol. The highest BCUT2D eigenvalue weighted by molar-refractivity contribution is 7.14. The van der Waals surface area contributed by atoms with Crippen LogP contribution < -0.4 is 4.90 Å². The van der Waals surface area contributed by atoms with E-state index in [1.807, 2.05) is 5.38 Å². The number of nitrogens with zero attached hydrogens (tertiary/aromatic N) is 3. The SMILES string of the molecule is O=C(O)C1CC2CCCCC2N1C(=O)Cc1csc(N2CCCC2=O)n1. The van der Waals surface area contributed by atoms with E-state index in [0.29, 0.717) is 36.1 Å². The van der Waals surface area contributed by atoms with Gasteiger partial charge in [-0.25, -0.2) is 9.78 Å². The molecule has 2 amide bonds. The molecule has 3 fully saturated rings. The minimum atomic E-state index is -0.908. The molecule has 0 aromatic carbocycles. The summed E-state index contributed by atoms with van der Waals surface area (Å²) in [5, 5.41) is 12.0. The quantitative estimate of drug-likeness (QED) is 0.867. The fourth-order valence-corrected chi connectivity index (χ4v) is 5.51. The van der Waals surface area contributed by atoms with Crippen molar-refractivity contribution in [3.8, 4) is 0 Å². The number of amides is 2. The van der Waals surface area contributed by atoms with Crippen LogP contribution in [0.4, 0.5) is 5.13 Å². The van der Waals surface area contributed by atoms with Gasteiger partial charge in [0.1, 0.15) is 6.04 Å². The topological polar surface area (TPSA) is 90.8 Å². The Morgan fingerprint density at radius 2 is 2.08 bits per heavy atom. The van der Waals surface area contributed by atoms with Gasteiger partial charge in [0.05, 0.1) is 12.1 Å². The van der Waals surface area contributed by atoms with Crippen molar-refractivity contribution in [2.75, 3.05) is 11.4 Å². The van der Waals surface area contributed by atoms with Crippen LogP contribution >= 0.6 is 11.3 Å². The Bertz CT molecular complexity index is 734. The van der Waals surface area contributed by atoms with Gasteiger partial charge in [0.2, 0.25) is 11.8 Å². The lowest BCUT2D eigenvalue weighted by molar-refractivity contribution is -0.149. The van der Waals surface area contributed by atoms with Gasteiger partial charge in [-0.3, -0.25) is 14.5 Å². The number of likely N-dealkylation sites (tertiary alicyclic amines) is 1. The summed E-state index contributed by atoms with van der Waals surface area (Å²) in [6, 6.07) is -0.663. The number of rotatable bonds is 4. The number of anilines is 1. The highest BCUT2D eigenvalue weighted by atomic mass is 32.1. The lowest BCUT2D eigenvalue weighted by atomic mass is 9.84. The number of carboxylic acid groups (broad SMARTS) is 1. The summed E-state index contributed by atoms with van der Waals surface area (Å²) >= 11 is 1.37. The molecule has 26 heavy (non-hydrogen) atoms. The van der Waals surface area contributed by atoms with Gasteiger partial charge in [0, 0.05) is 24.4 Å². The van der Waals surface area contributed by atoms with Crippen LogP contribution in [0.2, 0.25) is 0 Å². The second-order valence-corrected chi connectivity index (χ2v) is 8.29. The van der Waals surface area contributed by atoms with Crippen molar-refractivity contribution in [1.82, 2.24) is 9.88 Å². The number of carbonyl (C=O) groups excluding carboxylic acids is 2. The second-order valence-electron chi connectivity index (χ2n) is 7.45. The molecular weight excluding hydrogens is 354 g/mol.